The van der Waals surface area contributed by atoms with Crippen LogP contribution in [0.2, 0.25) is 0 Å². The van der Waals surface area contributed by atoms with Crippen LogP contribution in [-0.2, 0) is 14.8 Å². The van der Waals surface area contributed by atoms with Crippen molar-refractivity contribution in [3.8, 4) is 5.75 Å². The first kappa shape index (κ1) is 22.2. The van der Waals surface area contributed by atoms with Crippen LogP contribution in [0.4, 0.5) is 5.69 Å². The second-order valence-corrected chi connectivity index (χ2v) is 8.36. The molecule has 0 fully saturated rings. The summed E-state index contributed by atoms with van der Waals surface area (Å²) in [6, 6.07) is 12.5. The number of carbonyl (C=O) groups is 1. The molecule has 0 saturated carbocycles. The quantitative estimate of drug-likeness (QED) is 0.388. The summed E-state index contributed by atoms with van der Waals surface area (Å²) in [7, 11) is -3.65. The lowest BCUT2D eigenvalue weighted by molar-refractivity contribution is -0.119. The first-order chi connectivity index (χ1) is 13.7. The SMILES string of the molecule is C=CCOc1cccc(/C=N\NC(=O)CN(c2cccc(C)c2C)S(C)(=O)=O)c1. The predicted octanol–water partition coefficient (Wildman–Crippen LogP) is 2.78. The Bertz CT molecular complexity index is 1020. The number of sulfonamides is 1. The Morgan fingerprint density at radius 3 is 2.66 bits per heavy atom. The van der Waals surface area contributed by atoms with Gasteiger partial charge in [-0.15, -0.1) is 0 Å². The molecular formula is C21H25N3O4S. The molecule has 1 N–H and O–H groups in total. The molecule has 0 aliphatic heterocycles. The number of amides is 1. The van der Waals surface area contributed by atoms with Crippen LogP contribution >= 0.6 is 0 Å². The highest BCUT2D eigenvalue weighted by molar-refractivity contribution is 7.92. The summed E-state index contributed by atoms with van der Waals surface area (Å²) in [5.41, 5.74) is 5.30. The number of hydrogen-bond acceptors (Lipinski definition) is 5. The number of hydrazone groups is 1. The number of ether oxygens (including phenoxy) is 1. The van der Waals surface area contributed by atoms with Crippen LogP contribution in [0.1, 0.15) is 16.7 Å². The van der Waals surface area contributed by atoms with E-state index in [1.165, 1.54) is 6.21 Å². The summed E-state index contributed by atoms with van der Waals surface area (Å²) >= 11 is 0. The largest absolute Gasteiger partial charge is 0.490 e. The van der Waals surface area contributed by atoms with Gasteiger partial charge in [0.1, 0.15) is 18.9 Å². The third-order valence-corrected chi connectivity index (χ3v) is 5.29. The van der Waals surface area contributed by atoms with Gasteiger partial charge in [0, 0.05) is 0 Å². The molecule has 0 aliphatic rings. The van der Waals surface area contributed by atoms with Gasteiger partial charge in [-0.2, -0.15) is 5.10 Å². The molecule has 8 heteroatoms. The molecule has 0 spiro atoms. The van der Waals surface area contributed by atoms with Crippen LogP contribution in [-0.4, -0.2) is 39.9 Å². The van der Waals surface area contributed by atoms with E-state index in [0.29, 0.717) is 18.0 Å². The maximum absolute atomic E-state index is 12.3. The van der Waals surface area contributed by atoms with E-state index in [4.69, 9.17) is 4.74 Å². The Morgan fingerprint density at radius 2 is 1.97 bits per heavy atom. The fourth-order valence-corrected chi connectivity index (χ4v) is 3.48. The minimum Gasteiger partial charge on any atom is -0.490 e. The molecule has 0 aromatic heterocycles. The topological polar surface area (TPSA) is 88.1 Å². The van der Waals surface area contributed by atoms with E-state index in [1.54, 1.807) is 42.5 Å². The Balaban J connectivity index is 2.08. The lowest BCUT2D eigenvalue weighted by atomic mass is 10.1. The van der Waals surface area contributed by atoms with Crippen LogP contribution in [0.15, 0.2) is 60.2 Å². The van der Waals surface area contributed by atoms with Gasteiger partial charge in [-0.1, -0.05) is 36.9 Å². The zero-order valence-corrected chi connectivity index (χ0v) is 17.6. The standard InChI is InChI=1S/C21H25N3O4S/c1-5-12-28-19-10-7-9-18(13-19)14-22-23-21(25)15-24(29(4,26)27)20-11-6-8-16(2)17(20)3/h5-11,13-14H,1,12,15H2,2-4H3,(H,23,25)/b22-14-. The molecule has 0 saturated heterocycles. The van der Waals surface area contributed by atoms with E-state index in [0.717, 1.165) is 27.3 Å². The van der Waals surface area contributed by atoms with E-state index < -0.39 is 15.9 Å². The second-order valence-electron chi connectivity index (χ2n) is 6.45. The highest BCUT2D eigenvalue weighted by atomic mass is 32.2. The number of benzene rings is 2. The van der Waals surface area contributed by atoms with Gasteiger partial charge in [-0.3, -0.25) is 9.10 Å². The average Bonchev–Trinajstić information content (AvgIpc) is 2.66. The van der Waals surface area contributed by atoms with Crippen LogP contribution in [0, 0.1) is 13.8 Å². The molecule has 0 radical (unpaired) electrons. The third kappa shape index (κ3) is 6.46. The van der Waals surface area contributed by atoms with E-state index in [-0.39, 0.29) is 6.54 Å². The van der Waals surface area contributed by atoms with Crippen molar-refractivity contribution >= 4 is 27.8 Å². The molecule has 0 bridgehead atoms. The van der Waals surface area contributed by atoms with Gasteiger partial charge in [0.05, 0.1) is 18.2 Å². The molecule has 2 aromatic carbocycles. The minimum atomic E-state index is -3.65. The van der Waals surface area contributed by atoms with Crippen molar-refractivity contribution in [3.05, 3.63) is 71.8 Å². The van der Waals surface area contributed by atoms with E-state index >= 15 is 0 Å². The lowest BCUT2D eigenvalue weighted by Gasteiger charge is -2.23. The Morgan fingerprint density at radius 1 is 1.24 bits per heavy atom. The van der Waals surface area contributed by atoms with E-state index in [2.05, 4.69) is 17.1 Å². The van der Waals surface area contributed by atoms with Crippen molar-refractivity contribution in [1.82, 2.24) is 5.43 Å². The van der Waals surface area contributed by atoms with Gasteiger partial charge >= 0.3 is 0 Å². The van der Waals surface area contributed by atoms with E-state index in [9.17, 15) is 13.2 Å². The molecule has 1 amide bonds. The molecule has 2 aromatic rings. The van der Waals surface area contributed by atoms with Crippen molar-refractivity contribution in [2.45, 2.75) is 13.8 Å². The second kappa shape index (κ2) is 9.88. The van der Waals surface area contributed by atoms with Crippen LogP contribution in [0.5, 0.6) is 5.75 Å². The minimum absolute atomic E-state index is 0.372. The molecule has 7 nitrogen and oxygen atoms in total. The number of anilines is 1. The number of nitrogens with zero attached hydrogens (tertiary/aromatic N) is 2. The number of carbonyl (C=O) groups excluding carboxylic acids is 1. The Hall–Kier alpha value is -3.13. The van der Waals surface area contributed by atoms with Gasteiger partial charge in [-0.05, 0) is 48.7 Å². The first-order valence-electron chi connectivity index (χ1n) is 8.92. The summed E-state index contributed by atoms with van der Waals surface area (Å²) in [6.45, 7) is 7.31. The summed E-state index contributed by atoms with van der Waals surface area (Å²) < 4.78 is 31.0. The summed E-state index contributed by atoms with van der Waals surface area (Å²) in [5.74, 6) is 0.102. The average molecular weight is 416 g/mol. The summed E-state index contributed by atoms with van der Waals surface area (Å²) in [4.78, 5) is 12.3. The number of aryl methyl sites for hydroxylation is 1. The molecule has 0 aliphatic carbocycles. The van der Waals surface area contributed by atoms with E-state index in [1.807, 2.05) is 19.9 Å². The number of hydrogen-bond donors (Lipinski definition) is 1. The van der Waals surface area contributed by atoms with Gasteiger partial charge < -0.3 is 4.74 Å². The molecule has 0 heterocycles. The zero-order valence-electron chi connectivity index (χ0n) is 16.8. The maximum atomic E-state index is 12.3. The fraction of sp³-hybridized carbons (Fsp3) is 0.238. The van der Waals surface area contributed by atoms with Crippen molar-refractivity contribution in [2.75, 3.05) is 23.7 Å². The number of rotatable bonds is 9. The lowest BCUT2D eigenvalue weighted by Crippen LogP contribution is -2.39. The van der Waals surface area contributed by atoms with Gasteiger partial charge in [0.15, 0.2) is 0 Å². The molecule has 29 heavy (non-hydrogen) atoms. The summed E-state index contributed by atoms with van der Waals surface area (Å²) in [6.07, 6.45) is 4.17. The molecule has 0 atom stereocenters. The molecule has 0 unspecified atom stereocenters. The van der Waals surface area contributed by atoms with Crippen LogP contribution in [0.3, 0.4) is 0 Å². The van der Waals surface area contributed by atoms with Crippen molar-refractivity contribution in [2.24, 2.45) is 5.10 Å². The van der Waals surface area contributed by atoms with Gasteiger partial charge in [0.25, 0.3) is 5.91 Å². The van der Waals surface area contributed by atoms with Gasteiger partial charge in [-0.25, -0.2) is 13.8 Å². The highest BCUT2D eigenvalue weighted by Crippen LogP contribution is 2.24. The Kier molecular flexibility index (Phi) is 7.55. The Labute approximate surface area is 171 Å². The zero-order chi connectivity index (χ0) is 21.4. The molecular weight excluding hydrogens is 390 g/mol. The fourth-order valence-electron chi connectivity index (χ4n) is 2.57. The van der Waals surface area contributed by atoms with Crippen molar-refractivity contribution in [1.29, 1.82) is 0 Å². The normalized spacial score (nSPS) is 11.3. The highest BCUT2D eigenvalue weighted by Gasteiger charge is 2.22. The smallest absolute Gasteiger partial charge is 0.260 e. The maximum Gasteiger partial charge on any atom is 0.260 e. The first-order valence-corrected chi connectivity index (χ1v) is 10.8. The molecule has 2 rings (SSSR count). The van der Waals surface area contributed by atoms with Gasteiger partial charge in [0.2, 0.25) is 10.0 Å². The monoisotopic (exact) mass is 415 g/mol. The van der Waals surface area contributed by atoms with Crippen LogP contribution < -0.4 is 14.5 Å². The van der Waals surface area contributed by atoms with Crippen molar-refractivity contribution < 1.29 is 17.9 Å². The van der Waals surface area contributed by atoms with Crippen LogP contribution in [0.25, 0.3) is 0 Å². The molecule has 154 valence electrons. The van der Waals surface area contributed by atoms with Crippen molar-refractivity contribution in [3.63, 3.8) is 0 Å². The predicted molar refractivity (Wildman–Crippen MR) is 116 cm³/mol. The number of nitrogens with one attached hydrogen (secondary N) is 1. The summed E-state index contributed by atoms with van der Waals surface area (Å²) in [5, 5.41) is 3.91. The third-order valence-electron chi connectivity index (χ3n) is 4.16.